The maximum absolute atomic E-state index is 11.4. The zero-order valence-corrected chi connectivity index (χ0v) is 9.54. The van der Waals surface area contributed by atoms with Crippen LogP contribution in [0.3, 0.4) is 0 Å². The van der Waals surface area contributed by atoms with Crippen LogP contribution >= 0.6 is 0 Å². The van der Waals surface area contributed by atoms with Crippen molar-refractivity contribution in [3.63, 3.8) is 0 Å². The van der Waals surface area contributed by atoms with Crippen LogP contribution in [-0.2, 0) is 9.59 Å². The van der Waals surface area contributed by atoms with Gasteiger partial charge in [0.2, 0.25) is 5.91 Å². The molecule has 16 heavy (non-hydrogen) atoms. The van der Waals surface area contributed by atoms with Crippen molar-refractivity contribution in [1.29, 1.82) is 0 Å². The van der Waals surface area contributed by atoms with Crippen LogP contribution in [-0.4, -0.2) is 11.7 Å². The topological polar surface area (TPSA) is 46.2 Å². The molecule has 3 heteroatoms. The lowest BCUT2D eigenvalue weighted by Gasteiger charge is -2.23. The van der Waals surface area contributed by atoms with Crippen LogP contribution in [0.5, 0.6) is 0 Å². The minimum absolute atomic E-state index is 0.0640. The van der Waals surface area contributed by atoms with Crippen molar-refractivity contribution in [3.8, 4) is 0 Å². The van der Waals surface area contributed by atoms with Gasteiger partial charge in [-0.25, -0.2) is 0 Å². The lowest BCUT2D eigenvalue weighted by atomic mass is 9.90. The largest absolute Gasteiger partial charge is 0.329 e. The summed E-state index contributed by atoms with van der Waals surface area (Å²) >= 11 is 0. The summed E-state index contributed by atoms with van der Waals surface area (Å²) in [4.78, 5) is 22.8. The Bertz CT molecular complexity index is 441. The zero-order chi connectivity index (χ0) is 11.7. The van der Waals surface area contributed by atoms with E-state index in [0.717, 1.165) is 11.3 Å². The fourth-order valence-corrected chi connectivity index (χ4v) is 2.11. The van der Waals surface area contributed by atoms with Crippen molar-refractivity contribution >= 4 is 11.7 Å². The maximum Gasteiger partial charge on any atom is 0.224 e. The summed E-state index contributed by atoms with van der Waals surface area (Å²) in [5, 5.41) is 2.88. The minimum atomic E-state index is 0.0640. The molecular formula is C13H15NO2. The van der Waals surface area contributed by atoms with Crippen molar-refractivity contribution in [2.45, 2.75) is 26.7 Å². The van der Waals surface area contributed by atoms with E-state index in [9.17, 15) is 9.59 Å². The van der Waals surface area contributed by atoms with E-state index in [1.165, 1.54) is 0 Å². The molecule has 0 radical (unpaired) electrons. The number of hydrogen-bond donors (Lipinski definition) is 1. The van der Waals surface area contributed by atoms with E-state index in [1.807, 2.05) is 25.2 Å². The maximum atomic E-state index is 11.4. The molecule has 2 rings (SSSR count). The number of carbonyl (C=O) groups excluding carboxylic acids is 2. The number of nitrogens with one attached hydrogen (secondary N) is 1. The predicted octanol–water partition coefficient (Wildman–Crippen LogP) is 1.87. The van der Waals surface area contributed by atoms with Gasteiger partial charge in [0, 0.05) is 24.1 Å². The Morgan fingerprint density at radius 2 is 2.25 bits per heavy atom. The highest BCUT2D eigenvalue weighted by Gasteiger charge is 2.24. The summed E-state index contributed by atoms with van der Waals surface area (Å²) in [5.74, 6) is 0.325. The van der Waals surface area contributed by atoms with E-state index in [4.69, 9.17) is 0 Å². The van der Waals surface area contributed by atoms with Crippen molar-refractivity contribution in [2.24, 2.45) is 5.92 Å². The Morgan fingerprint density at radius 1 is 1.50 bits per heavy atom. The van der Waals surface area contributed by atoms with Gasteiger partial charge in [-0.15, -0.1) is 0 Å². The molecule has 0 spiro atoms. The standard InChI is InChI=1S/C13H15NO2/c1-8-6-13(16)14-12-5-3-4-10(9(2)15)7-11(8)12/h3-4,7-8H,5-6H2,1-2H3,(H,14,16). The molecule has 1 heterocycles. The van der Waals surface area contributed by atoms with E-state index < -0.39 is 0 Å². The molecule has 0 aromatic carbocycles. The Balaban J connectivity index is 2.43. The molecule has 1 unspecified atom stereocenters. The van der Waals surface area contributed by atoms with Gasteiger partial charge in [0.1, 0.15) is 0 Å². The first-order valence-corrected chi connectivity index (χ1v) is 5.50. The monoisotopic (exact) mass is 217 g/mol. The number of carbonyl (C=O) groups is 2. The molecule has 0 saturated carbocycles. The summed E-state index contributed by atoms with van der Waals surface area (Å²) in [7, 11) is 0. The summed E-state index contributed by atoms with van der Waals surface area (Å²) in [5.41, 5.74) is 2.75. The Labute approximate surface area is 94.9 Å². The first-order valence-electron chi connectivity index (χ1n) is 5.50. The summed E-state index contributed by atoms with van der Waals surface area (Å²) in [6, 6.07) is 0. The first-order chi connectivity index (χ1) is 7.58. The normalized spacial score (nSPS) is 24.5. The Hall–Kier alpha value is -1.64. The molecule has 0 bridgehead atoms. The fraction of sp³-hybridized carbons (Fsp3) is 0.385. The van der Waals surface area contributed by atoms with Gasteiger partial charge in [-0.2, -0.15) is 0 Å². The van der Waals surface area contributed by atoms with Gasteiger partial charge >= 0.3 is 0 Å². The molecule has 84 valence electrons. The molecule has 2 aliphatic rings. The number of rotatable bonds is 1. The molecule has 1 amide bonds. The number of ketones is 1. The molecule has 0 saturated heterocycles. The van der Waals surface area contributed by atoms with E-state index in [1.54, 1.807) is 6.92 Å². The van der Waals surface area contributed by atoms with Crippen LogP contribution in [0.1, 0.15) is 26.7 Å². The van der Waals surface area contributed by atoms with Crippen LogP contribution in [0, 0.1) is 5.92 Å². The van der Waals surface area contributed by atoms with Gasteiger partial charge in [0.15, 0.2) is 5.78 Å². The van der Waals surface area contributed by atoms with Crippen LogP contribution in [0.25, 0.3) is 0 Å². The van der Waals surface area contributed by atoms with Crippen molar-refractivity contribution in [3.05, 3.63) is 35.1 Å². The van der Waals surface area contributed by atoms with Crippen LogP contribution in [0.15, 0.2) is 35.1 Å². The van der Waals surface area contributed by atoms with Crippen LogP contribution < -0.4 is 5.32 Å². The van der Waals surface area contributed by atoms with Gasteiger partial charge in [-0.1, -0.05) is 19.1 Å². The lowest BCUT2D eigenvalue weighted by molar-refractivity contribution is -0.121. The van der Waals surface area contributed by atoms with Gasteiger partial charge < -0.3 is 5.32 Å². The molecule has 1 N–H and O–H groups in total. The van der Waals surface area contributed by atoms with E-state index in [-0.39, 0.29) is 17.6 Å². The fourth-order valence-electron chi connectivity index (χ4n) is 2.11. The molecule has 3 nitrogen and oxygen atoms in total. The minimum Gasteiger partial charge on any atom is -0.329 e. The third-order valence-electron chi connectivity index (χ3n) is 3.00. The molecular weight excluding hydrogens is 202 g/mol. The molecule has 0 aromatic heterocycles. The zero-order valence-electron chi connectivity index (χ0n) is 9.54. The molecule has 1 aliphatic heterocycles. The SMILES string of the molecule is CC(=O)C1=CC2=C(CC=C1)NC(=O)CC2C. The Kier molecular flexibility index (Phi) is 2.77. The number of amides is 1. The highest BCUT2D eigenvalue weighted by atomic mass is 16.1. The summed E-state index contributed by atoms with van der Waals surface area (Å²) in [6.45, 7) is 3.58. The van der Waals surface area contributed by atoms with Crippen molar-refractivity contribution in [1.82, 2.24) is 5.32 Å². The Morgan fingerprint density at radius 3 is 2.94 bits per heavy atom. The third-order valence-corrected chi connectivity index (χ3v) is 3.00. The molecule has 0 fully saturated rings. The molecule has 0 aromatic rings. The highest BCUT2D eigenvalue weighted by molar-refractivity contribution is 5.97. The van der Waals surface area contributed by atoms with Crippen molar-refractivity contribution in [2.75, 3.05) is 0 Å². The first kappa shape index (κ1) is 10.9. The van der Waals surface area contributed by atoms with Crippen LogP contribution in [0.2, 0.25) is 0 Å². The van der Waals surface area contributed by atoms with E-state index >= 15 is 0 Å². The van der Waals surface area contributed by atoms with Crippen LogP contribution in [0.4, 0.5) is 0 Å². The van der Waals surface area contributed by atoms with E-state index in [0.29, 0.717) is 18.4 Å². The second-order valence-corrected chi connectivity index (χ2v) is 4.35. The molecule has 1 atom stereocenters. The van der Waals surface area contributed by atoms with Gasteiger partial charge in [-0.05, 0) is 24.5 Å². The average Bonchev–Trinajstić information content (AvgIpc) is 2.39. The van der Waals surface area contributed by atoms with Gasteiger partial charge in [0.25, 0.3) is 0 Å². The smallest absolute Gasteiger partial charge is 0.224 e. The van der Waals surface area contributed by atoms with Gasteiger partial charge in [0.05, 0.1) is 0 Å². The summed E-state index contributed by atoms with van der Waals surface area (Å²) < 4.78 is 0. The van der Waals surface area contributed by atoms with Gasteiger partial charge in [-0.3, -0.25) is 9.59 Å². The number of Topliss-reactive ketones (excluding diaryl/α,β-unsaturated/α-hetero) is 1. The third kappa shape index (κ3) is 1.98. The number of hydrogen-bond acceptors (Lipinski definition) is 2. The average molecular weight is 217 g/mol. The second kappa shape index (κ2) is 4.08. The van der Waals surface area contributed by atoms with Crippen molar-refractivity contribution < 1.29 is 9.59 Å². The highest BCUT2D eigenvalue weighted by Crippen LogP contribution is 2.28. The molecule has 1 aliphatic carbocycles. The summed E-state index contributed by atoms with van der Waals surface area (Å²) in [6.07, 6.45) is 6.86. The number of allylic oxidation sites excluding steroid dienone is 5. The second-order valence-electron chi connectivity index (χ2n) is 4.35. The lowest BCUT2D eigenvalue weighted by Crippen LogP contribution is -2.31. The predicted molar refractivity (Wildman–Crippen MR) is 61.5 cm³/mol. The quantitative estimate of drug-likeness (QED) is 0.728. The van der Waals surface area contributed by atoms with E-state index in [2.05, 4.69) is 5.32 Å².